The maximum atomic E-state index is 10.7. The molecule has 0 saturated heterocycles. The summed E-state index contributed by atoms with van der Waals surface area (Å²) in [6.07, 6.45) is 0.675. The molecule has 0 heterocycles. The highest BCUT2D eigenvalue weighted by molar-refractivity contribution is 6.31. The van der Waals surface area contributed by atoms with E-state index in [4.69, 9.17) is 28.9 Å². The molecule has 1 atom stereocenters. The minimum atomic E-state index is -0.468. The van der Waals surface area contributed by atoms with Gasteiger partial charge in [0, 0.05) is 23.1 Å². The Labute approximate surface area is 132 Å². The lowest BCUT2D eigenvalue weighted by molar-refractivity contribution is -0.384. The van der Waals surface area contributed by atoms with Crippen molar-refractivity contribution in [1.29, 1.82) is 0 Å². The van der Waals surface area contributed by atoms with Crippen molar-refractivity contribution in [2.75, 3.05) is 6.54 Å². The second-order valence-corrected chi connectivity index (χ2v) is 5.57. The second-order valence-electron chi connectivity index (χ2n) is 4.73. The number of hydrogen-bond donors (Lipinski definition) is 1. The van der Waals surface area contributed by atoms with Gasteiger partial charge in [-0.05, 0) is 36.2 Å². The average molecular weight is 325 g/mol. The lowest BCUT2D eigenvalue weighted by Gasteiger charge is -2.17. The van der Waals surface area contributed by atoms with E-state index in [9.17, 15) is 10.1 Å². The first-order valence-electron chi connectivity index (χ1n) is 6.39. The van der Waals surface area contributed by atoms with Gasteiger partial charge < -0.3 is 5.73 Å². The Morgan fingerprint density at radius 2 is 1.95 bits per heavy atom. The smallest absolute Gasteiger partial charge is 0.270 e. The molecule has 6 heteroatoms. The fourth-order valence-electron chi connectivity index (χ4n) is 2.23. The minimum Gasteiger partial charge on any atom is -0.330 e. The molecule has 0 fully saturated rings. The van der Waals surface area contributed by atoms with E-state index in [1.165, 1.54) is 12.1 Å². The lowest BCUT2D eigenvalue weighted by Crippen LogP contribution is -2.15. The fourth-order valence-corrected chi connectivity index (χ4v) is 2.77. The molecule has 0 aliphatic heterocycles. The van der Waals surface area contributed by atoms with E-state index in [1.807, 2.05) is 18.2 Å². The molecule has 0 aliphatic rings. The molecule has 2 rings (SSSR count). The van der Waals surface area contributed by atoms with Crippen molar-refractivity contribution < 1.29 is 4.92 Å². The molecule has 0 radical (unpaired) electrons. The quantitative estimate of drug-likeness (QED) is 0.662. The molecule has 0 spiro atoms. The van der Waals surface area contributed by atoms with Crippen molar-refractivity contribution in [2.24, 2.45) is 5.73 Å². The van der Waals surface area contributed by atoms with Crippen LogP contribution in [0.5, 0.6) is 0 Å². The van der Waals surface area contributed by atoms with Crippen LogP contribution >= 0.6 is 23.2 Å². The number of nitrogens with two attached hydrogens (primary N) is 1. The van der Waals surface area contributed by atoms with Crippen LogP contribution in [0.2, 0.25) is 10.0 Å². The van der Waals surface area contributed by atoms with Crippen molar-refractivity contribution in [3.8, 4) is 0 Å². The highest BCUT2D eigenvalue weighted by Gasteiger charge is 2.17. The largest absolute Gasteiger partial charge is 0.330 e. The van der Waals surface area contributed by atoms with Gasteiger partial charge >= 0.3 is 0 Å². The van der Waals surface area contributed by atoms with E-state index in [0.29, 0.717) is 23.0 Å². The third kappa shape index (κ3) is 3.94. The normalized spacial score (nSPS) is 12.1. The number of non-ortho nitro benzene ring substituents is 1. The third-order valence-electron chi connectivity index (χ3n) is 3.29. The molecule has 0 amide bonds. The van der Waals surface area contributed by atoms with E-state index in [0.717, 1.165) is 11.1 Å². The molecular weight excluding hydrogens is 311 g/mol. The summed E-state index contributed by atoms with van der Waals surface area (Å²) < 4.78 is 0. The summed E-state index contributed by atoms with van der Waals surface area (Å²) in [7, 11) is 0. The van der Waals surface area contributed by atoms with Crippen molar-refractivity contribution in [2.45, 2.75) is 12.3 Å². The summed E-state index contributed by atoms with van der Waals surface area (Å²) >= 11 is 12.1. The zero-order valence-corrected chi connectivity index (χ0v) is 12.6. The second kappa shape index (κ2) is 6.89. The van der Waals surface area contributed by atoms with Crippen LogP contribution in [0.25, 0.3) is 0 Å². The van der Waals surface area contributed by atoms with E-state index in [-0.39, 0.29) is 11.6 Å². The number of nitro groups is 1. The number of nitrogens with zero attached hydrogens (tertiary/aromatic N) is 1. The van der Waals surface area contributed by atoms with E-state index in [2.05, 4.69) is 0 Å². The molecule has 0 bridgehead atoms. The highest BCUT2D eigenvalue weighted by Crippen LogP contribution is 2.30. The number of hydrogen-bond acceptors (Lipinski definition) is 3. The van der Waals surface area contributed by atoms with Crippen LogP contribution in [0.4, 0.5) is 5.69 Å². The molecule has 0 aromatic heterocycles. The Morgan fingerprint density at radius 3 is 2.52 bits per heavy atom. The number of halogens is 2. The topological polar surface area (TPSA) is 69.2 Å². The molecule has 2 N–H and O–H groups in total. The van der Waals surface area contributed by atoms with Gasteiger partial charge in [-0.15, -0.1) is 0 Å². The zero-order valence-electron chi connectivity index (χ0n) is 11.1. The Morgan fingerprint density at radius 1 is 1.19 bits per heavy atom. The predicted octanol–water partition coefficient (Wildman–Crippen LogP) is 4.19. The highest BCUT2D eigenvalue weighted by atomic mass is 35.5. The van der Waals surface area contributed by atoms with Gasteiger partial charge in [0.25, 0.3) is 5.69 Å². The van der Waals surface area contributed by atoms with Crippen LogP contribution in [-0.2, 0) is 6.42 Å². The Hall–Kier alpha value is -1.62. The van der Waals surface area contributed by atoms with Crippen LogP contribution in [0, 0.1) is 10.1 Å². The maximum Gasteiger partial charge on any atom is 0.270 e. The lowest BCUT2D eigenvalue weighted by atomic mass is 9.92. The summed E-state index contributed by atoms with van der Waals surface area (Å²) in [4.78, 5) is 10.3. The molecule has 4 nitrogen and oxygen atoms in total. The number of rotatable bonds is 5. The first-order valence-corrected chi connectivity index (χ1v) is 7.15. The fraction of sp³-hybridized carbons (Fsp3) is 0.200. The first-order chi connectivity index (χ1) is 10.0. The molecule has 0 saturated carbocycles. The Kier molecular flexibility index (Phi) is 5.17. The molecule has 2 aromatic carbocycles. The van der Waals surface area contributed by atoms with Gasteiger partial charge in [0.05, 0.1) is 9.95 Å². The van der Waals surface area contributed by atoms with Crippen molar-refractivity contribution in [1.82, 2.24) is 0 Å². The zero-order chi connectivity index (χ0) is 15.4. The molecule has 21 heavy (non-hydrogen) atoms. The summed E-state index contributed by atoms with van der Waals surface area (Å²) in [5.41, 5.74) is 7.66. The SMILES string of the molecule is NCC(Cc1cccc(Cl)c1)c1ccc([N+](=O)[O-])cc1Cl. The predicted molar refractivity (Wildman–Crippen MR) is 85.1 cm³/mol. The summed E-state index contributed by atoms with van der Waals surface area (Å²) in [6.45, 7) is 0.393. The summed E-state index contributed by atoms with van der Waals surface area (Å²) in [6, 6.07) is 12.0. The van der Waals surface area contributed by atoms with E-state index in [1.54, 1.807) is 12.1 Å². The van der Waals surface area contributed by atoms with Gasteiger partial charge in [-0.2, -0.15) is 0 Å². The third-order valence-corrected chi connectivity index (χ3v) is 3.85. The van der Waals surface area contributed by atoms with Gasteiger partial charge in [0.2, 0.25) is 0 Å². The number of benzene rings is 2. The maximum absolute atomic E-state index is 10.7. The minimum absolute atomic E-state index is 0.0169. The Balaban J connectivity index is 2.27. The Bertz CT molecular complexity index is 662. The van der Waals surface area contributed by atoms with Gasteiger partial charge in [0.1, 0.15) is 0 Å². The molecular formula is C15H14Cl2N2O2. The van der Waals surface area contributed by atoms with Crippen LogP contribution in [0.3, 0.4) is 0 Å². The van der Waals surface area contributed by atoms with Crippen LogP contribution in [0.15, 0.2) is 42.5 Å². The van der Waals surface area contributed by atoms with Crippen LogP contribution < -0.4 is 5.73 Å². The molecule has 1 unspecified atom stereocenters. The van der Waals surface area contributed by atoms with E-state index >= 15 is 0 Å². The number of nitro benzene ring substituents is 1. The van der Waals surface area contributed by atoms with Crippen molar-refractivity contribution in [3.05, 3.63) is 73.8 Å². The molecule has 0 aliphatic carbocycles. The van der Waals surface area contributed by atoms with Crippen LogP contribution in [0.1, 0.15) is 17.0 Å². The van der Waals surface area contributed by atoms with Gasteiger partial charge in [-0.25, -0.2) is 0 Å². The van der Waals surface area contributed by atoms with Gasteiger partial charge in [-0.3, -0.25) is 10.1 Å². The standard InChI is InChI=1S/C15H14Cl2N2O2/c16-12-3-1-2-10(7-12)6-11(9-18)14-5-4-13(19(20)21)8-15(14)17/h1-5,7-8,11H,6,9,18H2. The van der Waals surface area contributed by atoms with Crippen LogP contribution in [-0.4, -0.2) is 11.5 Å². The van der Waals surface area contributed by atoms with Gasteiger partial charge in [0.15, 0.2) is 0 Å². The van der Waals surface area contributed by atoms with Crippen molar-refractivity contribution in [3.63, 3.8) is 0 Å². The monoisotopic (exact) mass is 324 g/mol. The molecule has 2 aromatic rings. The summed E-state index contributed by atoms with van der Waals surface area (Å²) in [5.74, 6) is -0.0169. The van der Waals surface area contributed by atoms with Gasteiger partial charge in [-0.1, -0.05) is 41.4 Å². The molecule has 110 valence electrons. The summed E-state index contributed by atoms with van der Waals surface area (Å²) in [5, 5.41) is 11.8. The van der Waals surface area contributed by atoms with Crippen molar-refractivity contribution >= 4 is 28.9 Å². The first kappa shape index (κ1) is 15.8. The average Bonchev–Trinajstić information content (AvgIpc) is 2.45. The van der Waals surface area contributed by atoms with E-state index < -0.39 is 4.92 Å².